The number of rotatable bonds is 2. The van der Waals surface area contributed by atoms with Crippen molar-refractivity contribution in [3.63, 3.8) is 0 Å². The van der Waals surface area contributed by atoms with Gasteiger partial charge in [-0.25, -0.2) is 0 Å². The van der Waals surface area contributed by atoms with Crippen LogP contribution in [0.25, 0.3) is 0 Å². The van der Waals surface area contributed by atoms with Gasteiger partial charge in [0.15, 0.2) is 0 Å². The molecular formula is C15H11F3INO. The van der Waals surface area contributed by atoms with E-state index in [4.69, 9.17) is 0 Å². The first-order valence-corrected chi connectivity index (χ1v) is 7.08. The van der Waals surface area contributed by atoms with Crippen molar-refractivity contribution in [2.45, 2.75) is 6.18 Å². The highest BCUT2D eigenvalue weighted by Gasteiger charge is 2.30. The molecule has 0 bridgehead atoms. The molecule has 2 aromatic rings. The van der Waals surface area contributed by atoms with Crippen molar-refractivity contribution in [1.29, 1.82) is 0 Å². The molecule has 0 saturated carbocycles. The monoisotopic (exact) mass is 405 g/mol. The number of anilines is 1. The molecule has 21 heavy (non-hydrogen) atoms. The molecule has 0 aromatic heterocycles. The predicted molar refractivity (Wildman–Crippen MR) is 83.3 cm³/mol. The van der Waals surface area contributed by atoms with Crippen LogP contribution in [0, 0.1) is 3.57 Å². The second-order valence-corrected chi connectivity index (χ2v) is 5.55. The number of benzene rings is 2. The number of amides is 1. The van der Waals surface area contributed by atoms with Gasteiger partial charge in [0.2, 0.25) is 0 Å². The standard InChI is InChI=1S/C15H11F3INO/c1-20(14(21)12-4-2-3-5-13(12)19)11-8-6-10(7-9-11)15(16,17)18/h2-9H,1H3. The van der Waals surface area contributed by atoms with Crippen LogP contribution in [0.15, 0.2) is 48.5 Å². The molecule has 0 fully saturated rings. The Bertz CT molecular complexity index is 653. The number of halogens is 4. The average molecular weight is 405 g/mol. The van der Waals surface area contributed by atoms with Crippen LogP contribution >= 0.6 is 22.6 Å². The summed E-state index contributed by atoms with van der Waals surface area (Å²) in [5.74, 6) is -0.264. The number of carbonyl (C=O) groups excluding carboxylic acids is 1. The van der Waals surface area contributed by atoms with Crippen molar-refractivity contribution in [2.75, 3.05) is 11.9 Å². The molecule has 0 atom stereocenters. The maximum Gasteiger partial charge on any atom is 0.416 e. The van der Waals surface area contributed by atoms with E-state index in [2.05, 4.69) is 0 Å². The van der Waals surface area contributed by atoms with E-state index < -0.39 is 11.7 Å². The van der Waals surface area contributed by atoms with E-state index >= 15 is 0 Å². The summed E-state index contributed by atoms with van der Waals surface area (Å²) in [7, 11) is 1.54. The number of carbonyl (C=O) groups is 1. The zero-order chi connectivity index (χ0) is 15.6. The Hall–Kier alpha value is -1.57. The molecule has 0 aliphatic carbocycles. The molecule has 2 rings (SSSR count). The van der Waals surface area contributed by atoms with E-state index in [1.807, 2.05) is 28.7 Å². The molecule has 0 radical (unpaired) electrons. The summed E-state index contributed by atoms with van der Waals surface area (Å²) in [5, 5.41) is 0. The van der Waals surface area contributed by atoms with Gasteiger partial charge in [-0.2, -0.15) is 13.2 Å². The fourth-order valence-corrected chi connectivity index (χ4v) is 2.42. The average Bonchev–Trinajstić information content (AvgIpc) is 2.45. The van der Waals surface area contributed by atoms with Gasteiger partial charge in [-0.15, -0.1) is 0 Å². The lowest BCUT2D eigenvalue weighted by Crippen LogP contribution is -2.27. The van der Waals surface area contributed by atoms with Crippen LogP contribution in [-0.2, 0) is 6.18 Å². The van der Waals surface area contributed by atoms with Crippen molar-refractivity contribution in [3.8, 4) is 0 Å². The molecule has 2 nitrogen and oxygen atoms in total. The second kappa shape index (κ2) is 6.05. The zero-order valence-electron chi connectivity index (χ0n) is 11.0. The number of alkyl halides is 3. The molecule has 1 amide bonds. The summed E-state index contributed by atoms with van der Waals surface area (Å²) in [6.45, 7) is 0. The maximum absolute atomic E-state index is 12.5. The minimum absolute atomic E-state index is 0.264. The van der Waals surface area contributed by atoms with E-state index in [1.165, 1.54) is 24.1 Å². The van der Waals surface area contributed by atoms with Crippen LogP contribution in [0.3, 0.4) is 0 Å². The molecule has 0 spiro atoms. The molecule has 0 saturated heterocycles. The maximum atomic E-state index is 12.5. The summed E-state index contributed by atoms with van der Waals surface area (Å²) in [4.78, 5) is 13.7. The van der Waals surface area contributed by atoms with Gasteiger partial charge >= 0.3 is 6.18 Å². The summed E-state index contributed by atoms with van der Waals surface area (Å²) in [5.41, 5.74) is 0.189. The van der Waals surface area contributed by atoms with Crippen molar-refractivity contribution < 1.29 is 18.0 Å². The second-order valence-electron chi connectivity index (χ2n) is 4.39. The van der Waals surface area contributed by atoms with Crippen LogP contribution in [0.2, 0.25) is 0 Å². The lowest BCUT2D eigenvalue weighted by atomic mass is 10.1. The summed E-state index contributed by atoms with van der Waals surface area (Å²) in [6, 6.07) is 11.6. The van der Waals surface area contributed by atoms with Gasteiger partial charge in [-0.1, -0.05) is 12.1 Å². The van der Waals surface area contributed by atoms with Crippen LogP contribution in [0.4, 0.5) is 18.9 Å². The third kappa shape index (κ3) is 3.55. The Labute approximate surface area is 133 Å². The van der Waals surface area contributed by atoms with Gasteiger partial charge in [-0.05, 0) is 59.0 Å². The highest BCUT2D eigenvalue weighted by atomic mass is 127. The van der Waals surface area contributed by atoms with Gasteiger partial charge < -0.3 is 4.90 Å². The van der Waals surface area contributed by atoms with Crippen molar-refractivity contribution in [3.05, 3.63) is 63.2 Å². The van der Waals surface area contributed by atoms with E-state index in [1.54, 1.807) is 18.2 Å². The number of hydrogen-bond acceptors (Lipinski definition) is 1. The highest BCUT2D eigenvalue weighted by Crippen LogP contribution is 2.30. The van der Waals surface area contributed by atoms with E-state index in [-0.39, 0.29) is 5.91 Å². The largest absolute Gasteiger partial charge is 0.416 e. The quantitative estimate of drug-likeness (QED) is 0.670. The minimum atomic E-state index is -4.38. The molecule has 0 N–H and O–H groups in total. The molecular weight excluding hydrogens is 394 g/mol. The SMILES string of the molecule is CN(C(=O)c1ccccc1I)c1ccc(C(F)(F)F)cc1. The first-order valence-electron chi connectivity index (χ1n) is 6.00. The molecule has 6 heteroatoms. The van der Waals surface area contributed by atoms with Crippen molar-refractivity contribution >= 4 is 34.2 Å². The van der Waals surface area contributed by atoms with E-state index in [0.717, 1.165) is 15.7 Å². The minimum Gasteiger partial charge on any atom is -0.311 e. The molecule has 110 valence electrons. The highest BCUT2D eigenvalue weighted by molar-refractivity contribution is 14.1. The lowest BCUT2D eigenvalue weighted by molar-refractivity contribution is -0.137. The van der Waals surface area contributed by atoms with Gasteiger partial charge in [0.25, 0.3) is 5.91 Å². The summed E-state index contributed by atoms with van der Waals surface area (Å²) < 4.78 is 38.3. The Morgan fingerprint density at radius 3 is 2.14 bits per heavy atom. The molecule has 0 aliphatic rings. The number of hydrogen-bond donors (Lipinski definition) is 0. The van der Waals surface area contributed by atoms with Crippen molar-refractivity contribution in [1.82, 2.24) is 0 Å². The normalized spacial score (nSPS) is 11.3. The Balaban J connectivity index is 2.26. The first-order chi connectivity index (χ1) is 9.80. The molecule has 2 aromatic carbocycles. The van der Waals surface area contributed by atoms with E-state index in [9.17, 15) is 18.0 Å². The molecule has 0 aliphatic heterocycles. The van der Waals surface area contributed by atoms with Gasteiger partial charge in [0.05, 0.1) is 11.1 Å². The fraction of sp³-hybridized carbons (Fsp3) is 0.133. The van der Waals surface area contributed by atoms with Crippen LogP contribution < -0.4 is 4.90 Å². The number of nitrogens with zero attached hydrogens (tertiary/aromatic N) is 1. The fourth-order valence-electron chi connectivity index (χ4n) is 1.81. The van der Waals surface area contributed by atoms with E-state index in [0.29, 0.717) is 11.3 Å². The molecule has 0 unspecified atom stereocenters. The Morgan fingerprint density at radius 1 is 1.05 bits per heavy atom. The third-order valence-corrected chi connectivity index (χ3v) is 3.93. The summed E-state index contributed by atoms with van der Waals surface area (Å²) in [6.07, 6.45) is -4.38. The molecule has 0 heterocycles. The lowest BCUT2D eigenvalue weighted by Gasteiger charge is -2.19. The Morgan fingerprint density at radius 2 is 1.62 bits per heavy atom. The third-order valence-electron chi connectivity index (χ3n) is 2.99. The summed E-state index contributed by atoms with van der Waals surface area (Å²) >= 11 is 2.05. The van der Waals surface area contributed by atoms with Crippen molar-refractivity contribution in [2.24, 2.45) is 0 Å². The smallest absolute Gasteiger partial charge is 0.311 e. The zero-order valence-corrected chi connectivity index (χ0v) is 13.1. The van der Waals surface area contributed by atoms with Crippen LogP contribution in [-0.4, -0.2) is 13.0 Å². The topological polar surface area (TPSA) is 20.3 Å². The van der Waals surface area contributed by atoms with Crippen LogP contribution in [0.5, 0.6) is 0 Å². The Kier molecular flexibility index (Phi) is 4.55. The van der Waals surface area contributed by atoms with Gasteiger partial charge in [0, 0.05) is 16.3 Å². The van der Waals surface area contributed by atoms with Crippen LogP contribution in [0.1, 0.15) is 15.9 Å². The predicted octanol–water partition coefficient (Wildman–Crippen LogP) is 4.59. The van der Waals surface area contributed by atoms with Gasteiger partial charge in [0.1, 0.15) is 0 Å². The van der Waals surface area contributed by atoms with Gasteiger partial charge in [-0.3, -0.25) is 4.79 Å². The first kappa shape index (κ1) is 15.8.